The Morgan fingerprint density at radius 3 is 2.06 bits per heavy atom. The largest absolute Gasteiger partial charge is 0.444 e. The first-order valence-electron chi connectivity index (χ1n) is 22.1. The van der Waals surface area contributed by atoms with Gasteiger partial charge in [0, 0.05) is 55.2 Å². The average molecular weight is 899 g/mol. The number of H-pyrrole nitrogens is 1. The van der Waals surface area contributed by atoms with Crippen LogP contribution in [-0.2, 0) is 35.5 Å². The van der Waals surface area contributed by atoms with Crippen LogP contribution in [0.2, 0.25) is 0 Å². The van der Waals surface area contributed by atoms with E-state index >= 15 is 0 Å². The molecule has 17 heteroatoms. The van der Waals surface area contributed by atoms with E-state index in [-0.39, 0.29) is 40.9 Å². The number of carbonyl (C=O) groups excluding carboxylic acids is 4. The lowest BCUT2D eigenvalue weighted by molar-refractivity contribution is -0.129. The van der Waals surface area contributed by atoms with Crippen LogP contribution in [0.5, 0.6) is 0 Å². The van der Waals surface area contributed by atoms with Crippen LogP contribution in [0.3, 0.4) is 0 Å². The highest BCUT2D eigenvalue weighted by Crippen LogP contribution is 2.32. The van der Waals surface area contributed by atoms with E-state index in [1.165, 1.54) is 0 Å². The summed E-state index contributed by atoms with van der Waals surface area (Å²) in [6.45, 7) is 14.1. The Morgan fingerprint density at radius 1 is 0.828 bits per heavy atom. The number of anilines is 1. The number of hydrogen-bond donors (Lipinski definition) is 4. The van der Waals surface area contributed by atoms with Crippen LogP contribution < -0.4 is 15.4 Å². The van der Waals surface area contributed by atoms with Gasteiger partial charge in [0.25, 0.3) is 0 Å². The Balaban J connectivity index is 1.09. The number of Topliss-reactive ketones (excluding diaryl/α,β-unsaturated/α-hetero) is 1. The van der Waals surface area contributed by atoms with E-state index < -0.39 is 39.3 Å². The summed E-state index contributed by atoms with van der Waals surface area (Å²) < 4.78 is 40.6. The third-order valence-corrected chi connectivity index (χ3v) is 13.1. The monoisotopic (exact) mass is 898 g/mol. The Labute approximate surface area is 376 Å². The fraction of sp³-hybridized carbons (Fsp3) is 0.511. The number of aromatic amines is 1. The topological polar surface area (TPSA) is 215 Å². The Bertz CT molecular complexity index is 2340. The van der Waals surface area contributed by atoms with Gasteiger partial charge in [0.05, 0.1) is 4.90 Å². The molecule has 4 aromatic rings. The molecule has 4 N–H and O–H groups in total. The number of sulfonamides is 1. The summed E-state index contributed by atoms with van der Waals surface area (Å²) in [5.41, 5.74) is 3.51. The van der Waals surface area contributed by atoms with E-state index in [0.29, 0.717) is 63.3 Å². The molecule has 2 aliphatic rings. The number of nitrogens with zero attached hydrogens (tertiary/aromatic N) is 4. The van der Waals surface area contributed by atoms with E-state index in [2.05, 4.69) is 36.0 Å². The van der Waals surface area contributed by atoms with E-state index in [1.807, 2.05) is 72.7 Å². The van der Waals surface area contributed by atoms with Crippen molar-refractivity contribution in [3.8, 4) is 22.5 Å². The molecule has 1 atom stereocenters. The molecule has 16 nitrogen and oxygen atoms in total. The van der Waals surface area contributed by atoms with Crippen LogP contribution in [0, 0.1) is 24.7 Å². The van der Waals surface area contributed by atoms with Crippen LogP contribution in [0.1, 0.15) is 97.6 Å². The molecule has 0 spiro atoms. The molecule has 3 amide bonds. The van der Waals surface area contributed by atoms with Crippen molar-refractivity contribution in [3.05, 3.63) is 77.9 Å². The van der Waals surface area contributed by atoms with Crippen molar-refractivity contribution in [2.24, 2.45) is 17.8 Å². The van der Waals surface area contributed by atoms with Crippen LogP contribution in [0.25, 0.3) is 22.5 Å². The van der Waals surface area contributed by atoms with Crippen LogP contribution >= 0.6 is 0 Å². The first-order valence-corrected chi connectivity index (χ1v) is 23.5. The second-order valence-corrected chi connectivity index (χ2v) is 20.7. The number of piperidine rings is 1. The van der Waals surface area contributed by atoms with Gasteiger partial charge in [-0.1, -0.05) is 30.3 Å². The first kappa shape index (κ1) is 47.8. The number of likely N-dealkylation sites (tertiary alicyclic amines) is 1. The Morgan fingerprint density at radius 2 is 1.47 bits per heavy atom. The van der Waals surface area contributed by atoms with Crippen LogP contribution in [-0.4, -0.2) is 94.7 Å². The van der Waals surface area contributed by atoms with Gasteiger partial charge in [0.15, 0.2) is 0 Å². The lowest BCUT2D eigenvalue weighted by Crippen LogP contribution is -2.47. The molecule has 1 saturated carbocycles. The Hall–Kier alpha value is -5.68. The van der Waals surface area contributed by atoms with E-state index in [4.69, 9.17) is 9.47 Å². The van der Waals surface area contributed by atoms with Crippen molar-refractivity contribution >= 4 is 39.6 Å². The SMILES string of the molecule is Cc1cc(S(=O)(=O)NC2CCN(C(=O)OC(C)(C)C)CC2)ccc1-c1ccc(C[C@H](CC(=O)C2CCC(CNC(=O)OC(C)(C)C)CC2)C(=O)Nc2ccc(-c3nn[nH]n3)cc2)cc1. The van der Waals surface area contributed by atoms with Crippen molar-refractivity contribution in [2.75, 3.05) is 25.0 Å². The standard InChI is InChI=1S/C47H62N8O8S/c1-30-26-39(64(60,61)52-38-22-24-55(25-23-38)45(59)63-47(5,6)7)20-21-40(30)33-12-8-31(9-13-33)27-36(43(57)49-37-18-16-35(17-19-37)42-50-53-54-51-42)28-41(56)34-14-10-32(11-15-34)29-48-44(58)62-46(2,3)4/h8-9,12-13,16-21,26,32,34,36,38,52H,10-11,14-15,22-25,27-29H2,1-7H3,(H,48,58)(H,49,57)(H,50,51,53,54)/t32?,34?,36-/m1/s1. The highest BCUT2D eigenvalue weighted by atomic mass is 32.2. The molecule has 2 fully saturated rings. The van der Waals surface area contributed by atoms with Gasteiger partial charge in [-0.25, -0.2) is 22.7 Å². The molecule has 3 aromatic carbocycles. The normalized spacial score (nSPS) is 17.9. The number of ketones is 1. The second kappa shape index (κ2) is 20.4. The number of aromatic nitrogens is 4. The summed E-state index contributed by atoms with van der Waals surface area (Å²) in [7, 11) is -3.82. The third-order valence-electron chi connectivity index (χ3n) is 11.5. The predicted molar refractivity (Wildman–Crippen MR) is 243 cm³/mol. The zero-order chi connectivity index (χ0) is 46.2. The third kappa shape index (κ3) is 13.7. The van der Waals surface area contributed by atoms with Crippen LogP contribution in [0.4, 0.5) is 15.3 Å². The molecule has 0 bridgehead atoms. The molecule has 1 saturated heterocycles. The molecule has 344 valence electrons. The molecule has 2 heterocycles. The molecule has 0 radical (unpaired) electrons. The number of nitrogens with one attached hydrogen (secondary N) is 4. The number of hydrogen-bond acceptors (Lipinski definition) is 11. The lowest BCUT2D eigenvalue weighted by atomic mass is 9.77. The number of rotatable bonds is 14. The van der Waals surface area contributed by atoms with Gasteiger partial charge < -0.3 is 25.0 Å². The second-order valence-electron chi connectivity index (χ2n) is 19.0. The summed E-state index contributed by atoms with van der Waals surface area (Å²) >= 11 is 0. The van der Waals surface area contributed by atoms with Gasteiger partial charge in [0.1, 0.15) is 17.0 Å². The number of tetrazole rings is 1. The number of amides is 3. The van der Waals surface area contributed by atoms with Gasteiger partial charge in [-0.3, -0.25) is 9.59 Å². The van der Waals surface area contributed by atoms with Crippen molar-refractivity contribution < 1.29 is 37.1 Å². The quantitative estimate of drug-likeness (QED) is 0.0967. The highest BCUT2D eigenvalue weighted by Gasteiger charge is 2.32. The summed E-state index contributed by atoms with van der Waals surface area (Å²) in [6.07, 6.45) is 3.46. The summed E-state index contributed by atoms with van der Waals surface area (Å²) in [4.78, 5) is 54.3. The van der Waals surface area contributed by atoms with E-state index in [1.54, 1.807) is 47.4 Å². The number of aryl methyl sites for hydroxylation is 1. The molecule has 1 aliphatic carbocycles. The average Bonchev–Trinajstić information content (AvgIpc) is 3.78. The minimum absolute atomic E-state index is 0.0502. The maximum absolute atomic E-state index is 14.0. The maximum Gasteiger partial charge on any atom is 0.410 e. The summed E-state index contributed by atoms with van der Waals surface area (Å²) in [5, 5.41) is 19.9. The molecule has 6 rings (SSSR count). The fourth-order valence-corrected chi connectivity index (χ4v) is 9.54. The molecule has 0 unspecified atom stereocenters. The van der Waals surface area contributed by atoms with Gasteiger partial charge >= 0.3 is 12.2 Å². The van der Waals surface area contributed by atoms with Crippen molar-refractivity contribution in [1.29, 1.82) is 0 Å². The van der Waals surface area contributed by atoms with E-state index in [9.17, 15) is 27.6 Å². The zero-order valence-electron chi connectivity index (χ0n) is 37.9. The zero-order valence-corrected chi connectivity index (χ0v) is 38.7. The fourth-order valence-electron chi connectivity index (χ4n) is 8.15. The van der Waals surface area contributed by atoms with Gasteiger partial charge in [-0.2, -0.15) is 5.21 Å². The minimum atomic E-state index is -3.82. The summed E-state index contributed by atoms with van der Waals surface area (Å²) in [5.74, 6) is -0.368. The van der Waals surface area contributed by atoms with Crippen molar-refractivity contribution in [1.82, 2.24) is 35.6 Å². The minimum Gasteiger partial charge on any atom is -0.444 e. The number of ether oxygens (including phenoxy) is 2. The first-order chi connectivity index (χ1) is 30.2. The summed E-state index contributed by atoms with van der Waals surface area (Å²) in [6, 6.07) is 19.6. The van der Waals surface area contributed by atoms with Gasteiger partial charge in [-0.15, -0.1) is 10.2 Å². The predicted octanol–water partition coefficient (Wildman–Crippen LogP) is 7.61. The van der Waals surface area contributed by atoms with E-state index in [0.717, 1.165) is 40.7 Å². The molecule has 1 aliphatic heterocycles. The maximum atomic E-state index is 14.0. The lowest BCUT2D eigenvalue weighted by Gasteiger charge is -2.33. The molecular formula is C47H62N8O8S. The molecule has 1 aromatic heterocycles. The van der Waals surface area contributed by atoms with Crippen molar-refractivity contribution in [3.63, 3.8) is 0 Å². The van der Waals surface area contributed by atoms with Gasteiger partial charge in [0.2, 0.25) is 21.8 Å². The number of carbonyl (C=O) groups is 4. The Kier molecular flexibility index (Phi) is 15.3. The number of alkyl carbamates (subject to hydrolysis) is 1. The van der Waals surface area contributed by atoms with Crippen LogP contribution in [0.15, 0.2) is 71.6 Å². The number of benzene rings is 3. The smallest absolute Gasteiger partial charge is 0.410 e. The molecule has 64 heavy (non-hydrogen) atoms. The molecular weight excluding hydrogens is 837 g/mol. The van der Waals surface area contributed by atoms with Gasteiger partial charge in [-0.05, 0) is 163 Å². The van der Waals surface area contributed by atoms with Crippen molar-refractivity contribution in [2.45, 2.75) is 122 Å². The highest BCUT2D eigenvalue weighted by molar-refractivity contribution is 7.89.